The first kappa shape index (κ1) is 17.7. The number of aliphatic carboxylic acids is 1. The molecule has 0 saturated carbocycles. The smallest absolute Gasteiger partial charge is 0.312 e. The highest BCUT2D eigenvalue weighted by Gasteiger charge is 2.40. The number of aromatic nitrogens is 3. The third-order valence-corrected chi connectivity index (χ3v) is 4.49. The number of nitrogens with zero attached hydrogens (tertiary/aromatic N) is 3. The second-order valence-corrected chi connectivity index (χ2v) is 6.33. The molecule has 0 spiro atoms. The quantitative estimate of drug-likeness (QED) is 0.675. The maximum Gasteiger partial charge on any atom is 0.312 e. The van der Waals surface area contributed by atoms with E-state index in [1.165, 1.54) is 6.33 Å². The minimum Gasteiger partial charge on any atom is -0.496 e. The first-order chi connectivity index (χ1) is 12.6. The van der Waals surface area contributed by atoms with Crippen LogP contribution in [0.25, 0.3) is 0 Å². The van der Waals surface area contributed by atoms with Crippen molar-refractivity contribution >= 4 is 5.97 Å². The molecule has 6 nitrogen and oxygen atoms in total. The third-order valence-electron chi connectivity index (χ3n) is 4.49. The molecule has 2 aromatic carbocycles. The molecule has 3 aromatic rings. The molecule has 0 aliphatic rings. The number of carboxylic acids is 1. The number of para-hydroxylation sites is 1. The molecule has 1 aromatic heterocycles. The van der Waals surface area contributed by atoms with E-state index in [1.54, 1.807) is 18.1 Å². The van der Waals surface area contributed by atoms with Crippen molar-refractivity contribution in [3.05, 3.63) is 78.4 Å². The van der Waals surface area contributed by atoms with Crippen molar-refractivity contribution in [2.24, 2.45) is 5.41 Å². The van der Waals surface area contributed by atoms with E-state index >= 15 is 0 Å². The Balaban J connectivity index is 2.02. The van der Waals surface area contributed by atoms with E-state index < -0.39 is 11.4 Å². The fraction of sp³-hybridized carbons (Fsp3) is 0.250. The van der Waals surface area contributed by atoms with Gasteiger partial charge < -0.3 is 9.84 Å². The zero-order chi connectivity index (χ0) is 18.4. The van der Waals surface area contributed by atoms with Crippen molar-refractivity contribution in [1.29, 1.82) is 0 Å². The number of ether oxygens (including phenoxy) is 1. The van der Waals surface area contributed by atoms with E-state index in [9.17, 15) is 9.90 Å². The Kier molecular flexibility index (Phi) is 5.31. The summed E-state index contributed by atoms with van der Waals surface area (Å²) >= 11 is 0. The molecule has 3 rings (SSSR count). The minimum atomic E-state index is -1.08. The molecule has 0 aliphatic carbocycles. The maximum atomic E-state index is 12.5. The monoisotopic (exact) mass is 351 g/mol. The van der Waals surface area contributed by atoms with E-state index in [2.05, 4.69) is 10.1 Å². The fourth-order valence-corrected chi connectivity index (χ4v) is 3.22. The predicted molar refractivity (Wildman–Crippen MR) is 96.9 cm³/mol. The summed E-state index contributed by atoms with van der Waals surface area (Å²) in [6.07, 6.45) is 3.66. The van der Waals surface area contributed by atoms with Crippen LogP contribution in [0.4, 0.5) is 0 Å². The number of hydrogen-bond acceptors (Lipinski definition) is 4. The van der Waals surface area contributed by atoms with Gasteiger partial charge in [-0.3, -0.25) is 9.48 Å². The van der Waals surface area contributed by atoms with Gasteiger partial charge in [0, 0.05) is 0 Å². The summed E-state index contributed by atoms with van der Waals surface area (Å²) in [6.45, 7) is 0.218. The second kappa shape index (κ2) is 7.82. The summed E-state index contributed by atoms with van der Waals surface area (Å²) in [6, 6.07) is 17.2. The van der Waals surface area contributed by atoms with Gasteiger partial charge in [0.25, 0.3) is 0 Å². The van der Waals surface area contributed by atoms with Crippen molar-refractivity contribution in [2.45, 2.75) is 19.4 Å². The highest BCUT2D eigenvalue weighted by molar-refractivity contribution is 5.75. The zero-order valence-corrected chi connectivity index (χ0v) is 14.6. The van der Waals surface area contributed by atoms with Gasteiger partial charge in [-0.15, -0.1) is 0 Å². The first-order valence-electron chi connectivity index (χ1n) is 8.34. The Labute approximate surface area is 152 Å². The number of carboxylic acid groups (broad SMARTS) is 1. The summed E-state index contributed by atoms with van der Waals surface area (Å²) in [5.41, 5.74) is 0.738. The van der Waals surface area contributed by atoms with Gasteiger partial charge in [0.15, 0.2) is 0 Å². The van der Waals surface area contributed by atoms with Crippen LogP contribution in [0.2, 0.25) is 0 Å². The number of rotatable bonds is 8. The molecule has 0 fully saturated rings. The first-order valence-corrected chi connectivity index (χ1v) is 8.34. The summed E-state index contributed by atoms with van der Waals surface area (Å²) in [5.74, 6) is -0.187. The van der Waals surface area contributed by atoms with Crippen molar-refractivity contribution in [1.82, 2.24) is 14.8 Å². The minimum absolute atomic E-state index is 0.218. The summed E-state index contributed by atoms with van der Waals surface area (Å²) in [4.78, 5) is 16.4. The molecular formula is C20H21N3O3. The molecule has 1 unspecified atom stereocenters. The zero-order valence-electron chi connectivity index (χ0n) is 14.6. The van der Waals surface area contributed by atoms with Gasteiger partial charge >= 0.3 is 5.97 Å². The van der Waals surface area contributed by atoms with Gasteiger partial charge in [-0.1, -0.05) is 48.5 Å². The lowest BCUT2D eigenvalue weighted by molar-refractivity contribution is -0.150. The van der Waals surface area contributed by atoms with Gasteiger partial charge in [0.05, 0.1) is 19.1 Å². The molecule has 134 valence electrons. The molecule has 0 bridgehead atoms. The van der Waals surface area contributed by atoms with E-state index in [0.717, 1.165) is 11.1 Å². The Morgan fingerprint density at radius 1 is 1.12 bits per heavy atom. The van der Waals surface area contributed by atoms with E-state index in [-0.39, 0.29) is 6.54 Å². The Morgan fingerprint density at radius 3 is 2.50 bits per heavy atom. The average molecular weight is 351 g/mol. The van der Waals surface area contributed by atoms with Crippen molar-refractivity contribution in [3.8, 4) is 5.75 Å². The molecule has 26 heavy (non-hydrogen) atoms. The Bertz CT molecular complexity index is 850. The molecule has 6 heteroatoms. The fourth-order valence-electron chi connectivity index (χ4n) is 3.22. The lowest BCUT2D eigenvalue weighted by Crippen LogP contribution is -2.40. The van der Waals surface area contributed by atoms with Gasteiger partial charge in [-0.05, 0) is 30.0 Å². The SMILES string of the molecule is COc1ccccc1CC(Cc1ccccc1)(Cn1cncn1)C(=O)O. The Morgan fingerprint density at radius 2 is 1.85 bits per heavy atom. The van der Waals surface area contributed by atoms with Crippen LogP contribution in [0.5, 0.6) is 5.75 Å². The molecule has 0 amide bonds. The van der Waals surface area contributed by atoms with Crippen LogP contribution < -0.4 is 4.74 Å². The second-order valence-electron chi connectivity index (χ2n) is 6.33. The maximum absolute atomic E-state index is 12.5. The lowest BCUT2D eigenvalue weighted by Gasteiger charge is -2.30. The largest absolute Gasteiger partial charge is 0.496 e. The normalized spacial score (nSPS) is 13.1. The van der Waals surface area contributed by atoms with Gasteiger partial charge in [-0.2, -0.15) is 5.10 Å². The third kappa shape index (κ3) is 3.91. The standard InChI is InChI=1S/C20H21N3O3/c1-26-18-10-6-5-9-17(18)12-20(19(24)25,13-23-15-21-14-22-23)11-16-7-3-2-4-8-16/h2-10,14-15H,11-13H2,1H3,(H,24,25). The van der Waals surface area contributed by atoms with Crippen LogP contribution in [0.3, 0.4) is 0 Å². The lowest BCUT2D eigenvalue weighted by atomic mass is 9.76. The summed E-state index contributed by atoms with van der Waals surface area (Å²) in [7, 11) is 1.59. The van der Waals surface area contributed by atoms with Gasteiger partial charge in [-0.25, -0.2) is 4.98 Å². The molecule has 0 radical (unpaired) electrons. The van der Waals surface area contributed by atoms with Crippen LogP contribution in [-0.2, 0) is 24.2 Å². The van der Waals surface area contributed by atoms with Crippen LogP contribution >= 0.6 is 0 Å². The molecule has 0 saturated heterocycles. The van der Waals surface area contributed by atoms with E-state index in [4.69, 9.17) is 4.74 Å². The van der Waals surface area contributed by atoms with E-state index in [0.29, 0.717) is 18.6 Å². The van der Waals surface area contributed by atoms with Crippen molar-refractivity contribution in [2.75, 3.05) is 7.11 Å². The van der Waals surface area contributed by atoms with E-state index in [1.807, 2.05) is 54.6 Å². The topological polar surface area (TPSA) is 77.2 Å². The molecular weight excluding hydrogens is 330 g/mol. The van der Waals surface area contributed by atoms with Crippen LogP contribution in [0.15, 0.2) is 67.3 Å². The summed E-state index contributed by atoms with van der Waals surface area (Å²) < 4.78 is 7.00. The highest BCUT2D eigenvalue weighted by atomic mass is 16.5. The number of carbonyl (C=O) groups is 1. The number of hydrogen-bond donors (Lipinski definition) is 1. The van der Waals surface area contributed by atoms with Crippen molar-refractivity contribution in [3.63, 3.8) is 0 Å². The highest BCUT2D eigenvalue weighted by Crippen LogP contribution is 2.33. The van der Waals surface area contributed by atoms with Crippen molar-refractivity contribution < 1.29 is 14.6 Å². The molecule has 1 N–H and O–H groups in total. The van der Waals surface area contributed by atoms with Crippen LogP contribution in [0, 0.1) is 5.41 Å². The molecule has 1 atom stereocenters. The van der Waals surface area contributed by atoms with Gasteiger partial charge in [0.1, 0.15) is 18.4 Å². The van der Waals surface area contributed by atoms with Gasteiger partial charge in [0.2, 0.25) is 0 Å². The number of benzene rings is 2. The molecule has 0 aliphatic heterocycles. The molecule has 1 heterocycles. The van der Waals surface area contributed by atoms with Crippen LogP contribution in [0.1, 0.15) is 11.1 Å². The van der Waals surface area contributed by atoms with Crippen LogP contribution in [-0.4, -0.2) is 33.0 Å². The summed E-state index contributed by atoms with van der Waals surface area (Å²) in [5, 5.41) is 14.3. The average Bonchev–Trinajstić information content (AvgIpc) is 3.15. The number of methoxy groups -OCH3 is 1. The Hall–Kier alpha value is -3.15. The predicted octanol–water partition coefficient (Wildman–Crippen LogP) is 2.84.